The zero-order valence-corrected chi connectivity index (χ0v) is 21.2. The second-order valence-electron chi connectivity index (χ2n) is 7.66. The highest BCUT2D eigenvalue weighted by molar-refractivity contribution is 8.00. The van der Waals surface area contributed by atoms with E-state index in [1.165, 1.54) is 29.1 Å². The van der Waals surface area contributed by atoms with Gasteiger partial charge in [0, 0.05) is 29.7 Å². The molecule has 34 heavy (non-hydrogen) atoms. The Kier molecular flexibility index (Phi) is 9.35. The SMILES string of the molecule is C=CCn1c(CSc2ccc(C)cc2)nnc1SC(CC)C(=O)Nc1ccc(NC(C)=O)cc1. The number of carbonyl (C=O) groups excluding carboxylic acids is 2. The number of nitrogens with zero attached hydrogens (tertiary/aromatic N) is 3. The summed E-state index contributed by atoms with van der Waals surface area (Å²) < 4.78 is 2.01. The molecule has 0 aliphatic rings. The van der Waals surface area contributed by atoms with Crippen LogP contribution >= 0.6 is 23.5 Å². The molecular weight excluding hydrogens is 466 g/mol. The Morgan fingerprint density at radius 2 is 1.71 bits per heavy atom. The van der Waals surface area contributed by atoms with Crippen molar-refractivity contribution in [1.29, 1.82) is 0 Å². The predicted octanol–water partition coefficient (Wildman–Crippen LogP) is 5.53. The Morgan fingerprint density at radius 3 is 2.29 bits per heavy atom. The number of allylic oxidation sites excluding steroid dienone is 1. The molecule has 9 heteroatoms. The molecule has 3 aromatic rings. The number of benzene rings is 2. The third-order valence-corrected chi connectivity index (χ3v) is 7.23. The fourth-order valence-electron chi connectivity index (χ4n) is 3.12. The van der Waals surface area contributed by atoms with Gasteiger partial charge in [-0.1, -0.05) is 42.5 Å². The van der Waals surface area contributed by atoms with Gasteiger partial charge in [-0.15, -0.1) is 28.5 Å². The lowest BCUT2D eigenvalue weighted by molar-refractivity contribution is -0.116. The van der Waals surface area contributed by atoms with Crippen molar-refractivity contribution in [3.8, 4) is 0 Å². The van der Waals surface area contributed by atoms with Crippen LogP contribution in [0.4, 0.5) is 11.4 Å². The van der Waals surface area contributed by atoms with Crippen LogP contribution in [0.15, 0.2) is 71.2 Å². The van der Waals surface area contributed by atoms with Crippen molar-refractivity contribution >= 4 is 46.7 Å². The molecule has 7 nitrogen and oxygen atoms in total. The molecule has 3 rings (SSSR count). The normalized spacial score (nSPS) is 11.6. The molecule has 0 fully saturated rings. The zero-order chi connectivity index (χ0) is 24.5. The summed E-state index contributed by atoms with van der Waals surface area (Å²) in [5, 5.41) is 14.8. The van der Waals surface area contributed by atoms with Gasteiger partial charge in [-0.3, -0.25) is 9.59 Å². The summed E-state index contributed by atoms with van der Waals surface area (Å²) in [4.78, 5) is 25.3. The summed E-state index contributed by atoms with van der Waals surface area (Å²) in [6, 6.07) is 15.4. The van der Waals surface area contributed by atoms with Crippen molar-refractivity contribution in [2.24, 2.45) is 0 Å². The van der Waals surface area contributed by atoms with Crippen LogP contribution < -0.4 is 10.6 Å². The minimum absolute atomic E-state index is 0.108. The highest BCUT2D eigenvalue weighted by Gasteiger charge is 2.22. The standard InChI is InChI=1S/C25H29N5O2S2/c1-5-15-30-23(16-33-21-13-7-17(3)8-14-21)28-29-25(30)34-22(6-2)24(32)27-20-11-9-19(10-12-20)26-18(4)31/h5,7-14,22H,1,6,15-16H2,2-4H3,(H,26,31)(H,27,32). The molecule has 0 spiro atoms. The third-order valence-electron chi connectivity index (χ3n) is 4.88. The van der Waals surface area contributed by atoms with Gasteiger partial charge in [0.15, 0.2) is 5.16 Å². The van der Waals surface area contributed by atoms with Gasteiger partial charge in [0.1, 0.15) is 5.82 Å². The van der Waals surface area contributed by atoms with Crippen LogP contribution in [-0.4, -0.2) is 31.8 Å². The van der Waals surface area contributed by atoms with Crippen molar-refractivity contribution in [2.45, 2.75) is 54.8 Å². The summed E-state index contributed by atoms with van der Waals surface area (Å²) in [5.41, 5.74) is 2.58. The quantitative estimate of drug-likeness (QED) is 0.268. The van der Waals surface area contributed by atoms with E-state index in [4.69, 9.17) is 0 Å². The highest BCUT2D eigenvalue weighted by Crippen LogP contribution is 2.29. The lowest BCUT2D eigenvalue weighted by atomic mass is 10.2. The Balaban J connectivity index is 1.66. The average Bonchev–Trinajstić information content (AvgIpc) is 3.19. The molecule has 1 unspecified atom stereocenters. The van der Waals surface area contributed by atoms with E-state index in [2.05, 4.69) is 58.6 Å². The predicted molar refractivity (Wildman–Crippen MR) is 140 cm³/mol. The number of thioether (sulfide) groups is 2. The lowest BCUT2D eigenvalue weighted by Crippen LogP contribution is -2.25. The van der Waals surface area contributed by atoms with Gasteiger partial charge < -0.3 is 15.2 Å². The number of rotatable bonds is 11. The fraction of sp³-hybridized carbons (Fsp3) is 0.280. The van der Waals surface area contributed by atoms with Gasteiger partial charge in [-0.2, -0.15) is 0 Å². The number of aryl methyl sites for hydroxylation is 1. The number of aromatic nitrogens is 3. The van der Waals surface area contributed by atoms with E-state index in [1.807, 2.05) is 17.6 Å². The number of carbonyl (C=O) groups is 2. The van der Waals surface area contributed by atoms with E-state index in [9.17, 15) is 9.59 Å². The smallest absolute Gasteiger partial charge is 0.237 e. The maximum atomic E-state index is 12.9. The van der Waals surface area contributed by atoms with E-state index in [0.29, 0.717) is 35.2 Å². The Hall–Kier alpha value is -3.04. The van der Waals surface area contributed by atoms with E-state index in [1.54, 1.807) is 36.0 Å². The van der Waals surface area contributed by atoms with E-state index in [0.717, 1.165) is 5.82 Å². The number of nitrogens with one attached hydrogen (secondary N) is 2. The molecule has 2 amide bonds. The first-order valence-electron chi connectivity index (χ1n) is 11.0. The largest absolute Gasteiger partial charge is 0.326 e. The molecule has 0 saturated heterocycles. The third kappa shape index (κ3) is 7.23. The van der Waals surface area contributed by atoms with Crippen molar-refractivity contribution in [1.82, 2.24) is 14.8 Å². The average molecular weight is 496 g/mol. The topological polar surface area (TPSA) is 88.9 Å². The summed E-state index contributed by atoms with van der Waals surface area (Å²) in [6.07, 6.45) is 2.44. The van der Waals surface area contributed by atoms with Gasteiger partial charge >= 0.3 is 0 Å². The van der Waals surface area contributed by atoms with Crippen molar-refractivity contribution in [2.75, 3.05) is 10.6 Å². The Labute approximate surface area is 208 Å². The van der Waals surface area contributed by atoms with Gasteiger partial charge in [-0.05, 0) is 49.7 Å². The van der Waals surface area contributed by atoms with Gasteiger partial charge in [0.05, 0.1) is 11.0 Å². The molecule has 0 radical (unpaired) electrons. The molecule has 1 heterocycles. The summed E-state index contributed by atoms with van der Waals surface area (Å²) in [6.45, 7) is 9.93. The lowest BCUT2D eigenvalue weighted by Gasteiger charge is -2.15. The second kappa shape index (κ2) is 12.4. The molecule has 0 saturated carbocycles. The molecule has 2 N–H and O–H groups in total. The first-order chi connectivity index (χ1) is 16.4. The Morgan fingerprint density at radius 1 is 1.06 bits per heavy atom. The summed E-state index contributed by atoms with van der Waals surface area (Å²) in [5.74, 6) is 1.27. The van der Waals surface area contributed by atoms with Crippen LogP contribution in [0, 0.1) is 6.92 Å². The fourth-order valence-corrected chi connectivity index (χ4v) is 4.94. The number of hydrogen-bond donors (Lipinski definition) is 2. The first-order valence-corrected chi connectivity index (χ1v) is 12.8. The summed E-state index contributed by atoms with van der Waals surface area (Å²) in [7, 11) is 0. The molecule has 1 aromatic heterocycles. The van der Waals surface area contributed by atoms with Crippen LogP contribution in [0.3, 0.4) is 0 Å². The second-order valence-corrected chi connectivity index (χ2v) is 9.88. The number of hydrogen-bond acceptors (Lipinski definition) is 6. The minimum atomic E-state index is -0.333. The molecule has 0 aliphatic carbocycles. The van der Waals surface area contributed by atoms with Crippen LogP contribution in [0.1, 0.15) is 31.7 Å². The van der Waals surface area contributed by atoms with Crippen LogP contribution in [0.25, 0.3) is 0 Å². The van der Waals surface area contributed by atoms with E-state index >= 15 is 0 Å². The molecule has 178 valence electrons. The molecule has 1 atom stereocenters. The summed E-state index contributed by atoms with van der Waals surface area (Å²) >= 11 is 3.10. The van der Waals surface area contributed by atoms with Crippen LogP contribution in [-0.2, 0) is 21.9 Å². The molecule has 2 aromatic carbocycles. The Bertz CT molecular complexity index is 1130. The first kappa shape index (κ1) is 25.6. The molecule has 0 bridgehead atoms. The molecule has 0 aliphatic heterocycles. The van der Waals surface area contributed by atoms with Crippen LogP contribution in [0.5, 0.6) is 0 Å². The van der Waals surface area contributed by atoms with Crippen molar-refractivity contribution in [3.05, 3.63) is 72.6 Å². The van der Waals surface area contributed by atoms with Gasteiger partial charge in [-0.25, -0.2) is 0 Å². The van der Waals surface area contributed by atoms with Crippen LogP contribution in [0.2, 0.25) is 0 Å². The zero-order valence-electron chi connectivity index (χ0n) is 19.6. The van der Waals surface area contributed by atoms with Gasteiger partial charge in [0.25, 0.3) is 0 Å². The van der Waals surface area contributed by atoms with Crippen molar-refractivity contribution < 1.29 is 9.59 Å². The van der Waals surface area contributed by atoms with E-state index in [-0.39, 0.29) is 17.1 Å². The van der Waals surface area contributed by atoms with E-state index < -0.39 is 0 Å². The molecular formula is C25H29N5O2S2. The van der Waals surface area contributed by atoms with Gasteiger partial charge in [0.2, 0.25) is 11.8 Å². The number of amides is 2. The monoisotopic (exact) mass is 495 g/mol. The maximum Gasteiger partial charge on any atom is 0.237 e. The maximum absolute atomic E-state index is 12.9. The minimum Gasteiger partial charge on any atom is -0.326 e. The highest BCUT2D eigenvalue weighted by atomic mass is 32.2. The van der Waals surface area contributed by atoms with Crippen molar-refractivity contribution in [3.63, 3.8) is 0 Å². The number of anilines is 2.